The Labute approximate surface area is 82.9 Å². The third-order valence-corrected chi connectivity index (χ3v) is 2.87. The van der Waals surface area contributed by atoms with E-state index in [0.717, 1.165) is 12.8 Å². The summed E-state index contributed by atoms with van der Waals surface area (Å²) in [6, 6.07) is 0. The minimum Gasteiger partial charge on any atom is -0.390 e. The predicted octanol–water partition coefficient (Wildman–Crippen LogP) is 3.53. The molecule has 13 heavy (non-hydrogen) atoms. The van der Waals surface area contributed by atoms with Crippen molar-refractivity contribution in [3.8, 4) is 0 Å². The van der Waals surface area contributed by atoms with Crippen molar-refractivity contribution in [2.75, 3.05) is 0 Å². The van der Waals surface area contributed by atoms with Crippen LogP contribution in [0.15, 0.2) is 12.7 Å². The summed E-state index contributed by atoms with van der Waals surface area (Å²) in [5, 5.41) is 10.0. The van der Waals surface area contributed by atoms with E-state index in [1.54, 1.807) is 0 Å². The lowest BCUT2D eigenvalue weighted by atomic mass is 9.86. The van der Waals surface area contributed by atoms with Crippen molar-refractivity contribution >= 4 is 0 Å². The molecule has 0 aliphatic rings. The van der Waals surface area contributed by atoms with Crippen LogP contribution < -0.4 is 0 Å². The van der Waals surface area contributed by atoms with E-state index in [2.05, 4.69) is 13.5 Å². The van der Waals surface area contributed by atoms with Crippen molar-refractivity contribution in [1.29, 1.82) is 0 Å². The molecule has 0 saturated carbocycles. The molecule has 0 aromatic rings. The number of hydrogen-bond acceptors (Lipinski definition) is 1. The van der Waals surface area contributed by atoms with Gasteiger partial charge in [-0.15, -0.1) is 6.58 Å². The van der Waals surface area contributed by atoms with Gasteiger partial charge in [0.25, 0.3) is 0 Å². The smallest absolute Gasteiger partial charge is 0.0679 e. The topological polar surface area (TPSA) is 20.2 Å². The Bertz CT molecular complexity index is 138. The van der Waals surface area contributed by atoms with E-state index in [1.807, 2.05) is 19.9 Å². The van der Waals surface area contributed by atoms with Crippen LogP contribution in [0.4, 0.5) is 0 Å². The zero-order chi connectivity index (χ0) is 10.3. The summed E-state index contributed by atoms with van der Waals surface area (Å²) in [5.74, 6) is 0.189. The fourth-order valence-corrected chi connectivity index (χ4v) is 1.39. The fourth-order valence-electron chi connectivity index (χ4n) is 1.39. The van der Waals surface area contributed by atoms with Crippen molar-refractivity contribution < 1.29 is 5.11 Å². The lowest BCUT2D eigenvalue weighted by Crippen LogP contribution is -2.31. The zero-order valence-corrected chi connectivity index (χ0v) is 9.34. The van der Waals surface area contributed by atoms with Crippen molar-refractivity contribution in [2.45, 2.75) is 58.5 Å². The second-order valence-corrected chi connectivity index (χ2v) is 4.19. The van der Waals surface area contributed by atoms with Gasteiger partial charge in [0.2, 0.25) is 0 Å². The Balaban J connectivity index is 3.68. The Morgan fingerprint density at radius 3 is 2.46 bits per heavy atom. The molecule has 0 aromatic heterocycles. The summed E-state index contributed by atoms with van der Waals surface area (Å²) < 4.78 is 0. The second-order valence-electron chi connectivity index (χ2n) is 4.19. The van der Waals surface area contributed by atoms with E-state index in [4.69, 9.17) is 0 Å². The van der Waals surface area contributed by atoms with Crippen LogP contribution in [-0.4, -0.2) is 10.7 Å². The first kappa shape index (κ1) is 12.7. The molecule has 0 aliphatic heterocycles. The fraction of sp³-hybridized carbons (Fsp3) is 0.833. The van der Waals surface area contributed by atoms with E-state index in [9.17, 15) is 5.11 Å². The van der Waals surface area contributed by atoms with Gasteiger partial charge in [-0.2, -0.15) is 0 Å². The lowest BCUT2D eigenvalue weighted by molar-refractivity contribution is 0.0138. The molecule has 78 valence electrons. The molecule has 0 rings (SSSR count). The summed E-state index contributed by atoms with van der Waals surface area (Å²) in [5.41, 5.74) is -0.560. The van der Waals surface area contributed by atoms with E-state index < -0.39 is 5.60 Å². The largest absolute Gasteiger partial charge is 0.390 e. The Hall–Kier alpha value is -0.300. The third-order valence-electron chi connectivity index (χ3n) is 2.87. The second kappa shape index (κ2) is 6.20. The standard InChI is InChI=1S/C12H24O/c1-5-7-8-9-10-12(4,13)11(3)6-2/h6,11,13H,2,5,7-10H2,1,3-4H3/t11-,12+/m1/s1. The molecule has 0 amide bonds. The molecule has 0 spiro atoms. The summed E-state index contributed by atoms with van der Waals surface area (Å²) in [7, 11) is 0. The Kier molecular flexibility index (Phi) is 6.06. The quantitative estimate of drug-likeness (QED) is 0.474. The molecule has 1 nitrogen and oxygen atoms in total. The molecule has 0 radical (unpaired) electrons. The first-order valence-electron chi connectivity index (χ1n) is 5.39. The van der Waals surface area contributed by atoms with Crippen molar-refractivity contribution in [2.24, 2.45) is 5.92 Å². The Morgan fingerprint density at radius 2 is 2.00 bits per heavy atom. The lowest BCUT2D eigenvalue weighted by Gasteiger charge is -2.28. The summed E-state index contributed by atoms with van der Waals surface area (Å²) in [4.78, 5) is 0. The van der Waals surface area contributed by atoms with Gasteiger partial charge in [0, 0.05) is 5.92 Å². The molecule has 0 fully saturated rings. The molecular weight excluding hydrogens is 160 g/mol. The highest BCUT2D eigenvalue weighted by atomic mass is 16.3. The van der Waals surface area contributed by atoms with E-state index in [1.165, 1.54) is 19.3 Å². The van der Waals surface area contributed by atoms with E-state index in [0.29, 0.717) is 0 Å². The molecule has 0 aromatic carbocycles. The number of aliphatic hydroxyl groups is 1. The Morgan fingerprint density at radius 1 is 1.38 bits per heavy atom. The number of unbranched alkanes of at least 4 members (excludes halogenated alkanes) is 3. The minimum absolute atomic E-state index is 0.189. The highest BCUT2D eigenvalue weighted by Gasteiger charge is 2.24. The van der Waals surface area contributed by atoms with Gasteiger partial charge < -0.3 is 5.11 Å². The van der Waals surface area contributed by atoms with Crippen LogP contribution in [0.2, 0.25) is 0 Å². The average molecular weight is 184 g/mol. The van der Waals surface area contributed by atoms with Gasteiger partial charge in [-0.25, -0.2) is 0 Å². The van der Waals surface area contributed by atoms with Crippen molar-refractivity contribution in [3.05, 3.63) is 12.7 Å². The normalized spacial score (nSPS) is 17.8. The van der Waals surface area contributed by atoms with Crippen molar-refractivity contribution in [3.63, 3.8) is 0 Å². The van der Waals surface area contributed by atoms with Crippen LogP contribution in [0, 0.1) is 5.92 Å². The minimum atomic E-state index is -0.560. The maximum absolute atomic E-state index is 10.0. The van der Waals surface area contributed by atoms with Gasteiger partial charge in [0.1, 0.15) is 0 Å². The van der Waals surface area contributed by atoms with E-state index >= 15 is 0 Å². The maximum atomic E-state index is 10.0. The summed E-state index contributed by atoms with van der Waals surface area (Å²) in [6.45, 7) is 9.84. The first-order chi connectivity index (χ1) is 6.04. The molecule has 0 aliphatic carbocycles. The van der Waals surface area contributed by atoms with Gasteiger partial charge in [-0.3, -0.25) is 0 Å². The van der Waals surface area contributed by atoms with Crippen LogP contribution in [0.3, 0.4) is 0 Å². The molecule has 0 unspecified atom stereocenters. The predicted molar refractivity (Wildman–Crippen MR) is 58.7 cm³/mol. The molecular formula is C12H24O. The average Bonchev–Trinajstić information content (AvgIpc) is 2.11. The highest BCUT2D eigenvalue weighted by molar-refractivity contribution is 4.89. The van der Waals surface area contributed by atoms with Gasteiger partial charge in [-0.05, 0) is 13.3 Å². The molecule has 2 atom stereocenters. The molecule has 1 N–H and O–H groups in total. The van der Waals surface area contributed by atoms with Gasteiger partial charge in [0.15, 0.2) is 0 Å². The van der Waals surface area contributed by atoms with Crippen LogP contribution in [0.25, 0.3) is 0 Å². The van der Waals surface area contributed by atoms with Crippen LogP contribution in [0.5, 0.6) is 0 Å². The monoisotopic (exact) mass is 184 g/mol. The molecule has 1 heteroatoms. The number of rotatable bonds is 7. The number of hydrogen-bond donors (Lipinski definition) is 1. The summed E-state index contributed by atoms with van der Waals surface area (Å²) >= 11 is 0. The first-order valence-corrected chi connectivity index (χ1v) is 5.39. The van der Waals surface area contributed by atoms with Gasteiger partial charge in [0.05, 0.1) is 5.60 Å². The summed E-state index contributed by atoms with van der Waals surface area (Å²) in [6.07, 6.45) is 7.60. The molecule has 0 saturated heterocycles. The van der Waals surface area contributed by atoms with Gasteiger partial charge >= 0.3 is 0 Å². The van der Waals surface area contributed by atoms with Crippen LogP contribution in [-0.2, 0) is 0 Å². The third kappa shape index (κ3) is 5.09. The molecule has 0 bridgehead atoms. The van der Waals surface area contributed by atoms with Gasteiger partial charge in [-0.1, -0.05) is 45.6 Å². The highest BCUT2D eigenvalue weighted by Crippen LogP contribution is 2.24. The maximum Gasteiger partial charge on any atom is 0.0679 e. The van der Waals surface area contributed by atoms with E-state index in [-0.39, 0.29) is 5.92 Å². The molecule has 0 heterocycles. The zero-order valence-electron chi connectivity index (χ0n) is 9.34. The van der Waals surface area contributed by atoms with Crippen LogP contribution >= 0.6 is 0 Å². The van der Waals surface area contributed by atoms with Crippen molar-refractivity contribution in [1.82, 2.24) is 0 Å². The van der Waals surface area contributed by atoms with Crippen LogP contribution in [0.1, 0.15) is 52.9 Å². The SMILES string of the molecule is C=C[C@@H](C)[C@@](C)(O)CCCCCC.